The number of allylic oxidation sites excluding steroid dienone is 1. The molecule has 0 unspecified atom stereocenters. The Kier molecular flexibility index (Phi) is 42.7. The summed E-state index contributed by atoms with van der Waals surface area (Å²) in [5.41, 5.74) is 5.46. The fourth-order valence-electron chi connectivity index (χ4n) is 3.00. The van der Waals surface area contributed by atoms with Crippen LogP contribution in [0, 0.1) is 33.0 Å². The first-order chi connectivity index (χ1) is 32.2. The number of pyridine rings is 2. The van der Waals surface area contributed by atoms with Gasteiger partial charge in [-0.2, -0.15) is 0 Å². The molecule has 8 rings (SSSR count). The molecule has 2 aromatic carbocycles. The first kappa shape index (κ1) is 70.9. The lowest BCUT2D eigenvalue weighted by molar-refractivity contribution is 0.469. The number of fused-ring (bicyclic) bond motifs is 2. The van der Waals surface area contributed by atoms with Gasteiger partial charge in [-0.3, -0.25) is 24.9 Å². The molecular weight excluding hydrogens is 859 g/mol. The van der Waals surface area contributed by atoms with E-state index in [1.807, 2.05) is 109 Å². The van der Waals surface area contributed by atoms with Crippen LogP contribution in [-0.4, -0.2) is 32.7 Å². The number of aromatic nitrogens is 4. The lowest BCUT2D eigenvalue weighted by atomic mass is 10.0. The standard InChI is InChI=1S/C9H7N.C8H6N2.C5H5N.5C5H12.C4H5N.2C4H4O.C4H10/c1-2-6-9-8(4-1)5-3-7-10-9;1-2-4-8-7(3-1)9-5-6-10-8;1-2-4-6-5-3-1;5*1-5(2,3)4;3*1-2-4-5-3-1;1-4(2)3/h1-7H;1-6H;1-5H;5*1-4H3;1-3H,4H2;2*1-4H;4H,1-3H3. The van der Waals surface area contributed by atoms with Gasteiger partial charge in [-0.25, -0.2) is 0 Å². The van der Waals surface area contributed by atoms with Gasteiger partial charge in [0, 0.05) is 42.6 Å². The number of furan rings is 2. The zero-order valence-electron chi connectivity index (χ0n) is 48.6. The number of hydrogen-bond donors (Lipinski definition) is 0. The lowest BCUT2D eigenvalue weighted by Gasteiger charge is -2.05. The van der Waals surface area contributed by atoms with Gasteiger partial charge in [0.2, 0.25) is 0 Å². The van der Waals surface area contributed by atoms with Crippen LogP contribution in [0.5, 0.6) is 0 Å². The molecule has 1 aliphatic heterocycles. The second-order valence-electron chi connectivity index (χ2n) is 24.5. The van der Waals surface area contributed by atoms with Crippen LogP contribution in [-0.2, 0) is 0 Å². The highest BCUT2D eigenvalue weighted by atomic mass is 16.3. The molecule has 0 radical (unpaired) electrons. The van der Waals surface area contributed by atoms with Crippen molar-refractivity contribution >= 4 is 28.2 Å². The zero-order chi connectivity index (χ0) is 54.5. The van der Waals surface area contributed by atoms with Gasteiger partial charge < -0.3 is 8.83 Å². The highest BCUT2D eigenvalue weighted by molar-refractivity contribution is 5.77. The Hall–Kier alpha value is -5.69. The Labute approximate surface area is 430 Å². The number of rotatable bonds is 0. The van der Waals surface area contributed by atoms with E-state index in [0.717, 1.165) is 29.0 Å². The van der Waals surface area contributed by atoms with Gasteiger partial charge in [0.25, 0.3) is 0 Å². The first-order valence-corrected chi connectivity index (χ1v) is 24.6. The molecule has 1 aliphatic rings. The van der Waals surface area contributed by atoms with E-state index < -0.39 is 0 Å². The molecule has 6 heterocycles. The van der Waals surface area contributed by atoms with Gasteiger partial charge >= 0.3 is 0 Å². The molecule has 0 saturated heterocycles. The van der Waals surface area contributed by atoms with Gasteiger partial charge in [-0.05, 0) is 99.7 Å². The Morgan fingerprint density at radius 1 is 0.371 bits per heavy atom. The number of aliphatic imine (C=N–C) groups is 1. The molecule has 0 bridgehead atoms. The summed E-state index contributed by atoms with van der Waals surface area (Å²) in [6.45, 7) is 51.1. The van der Waals surface area contributed by atoms with E-state index in [1.165, 1.54) is 5.39 Å². The van der Waals surface area contributed by atoms with Gasteiger partial charge in [0.1, 0.15) is 0 Å². The molecule has 0 atom stereocenters. The molecule has 7 nitrogen and oxygen atoms in total. The summed E-state index contributed by atoms with van der Waals surface area (Å²) < 4.78 is 9.17. The van der Waals surface area contributed by atoms with Crippen molar-refractivity contribution in [2.45, 2.75) is 159 Å². The Morgan fingerprint density at radius 3 is 0.914 bits per heavy atom. The van der Waals surface area contributed by atoms with Crippen LogP contribution in [0.4, 0.5) is 0 Å². The predicted octanol–water partition coefficient (Wildman–Crippen LogP) is 20.1. The van der Waals surface area contributed by atoms with E-state index in [0.29, 0.717) is 27.1 Å². The fraction of sp³-hybridized carbons (Fsp3) is 0.476. The zero-order valence-corrected chi connectivity index (χ0v) is 48.6. The third-order valence-electron chi connectivity index (χ3n) is 4.84. The van der Waals surface area contributed by atoms with E-state index in [9.17, 15) is 0 Å². The average Bonchev–Trinajstić information content (AvgIpc) is 4.08. The maximum absolute atomic E-state index is 4.58. The van der Waals surface area contributed by atoms with Gasteiger partial charge in [-0.15, -0.1) is 0 Å². The molecule has 0 amide bonds. The molecule has 70 heavy (non-hydrogen) atoms. The molecule has 0 N–H and O–H groups in total. The molecule has 0 saturated carbocycles. The van der Waals surface area contributed by atoms with Gasteiger partial charge in [0.15, 0.2) is 0 Å². The monoisotopic (exact) mass is 960 g/mol. The van der Waals surface area contributed by atoms with Crippen molar-refractivity contribution < 1.29 is 8.83 Å². The fourth-order valence-corrected chi connectivity index (χ4v) is 3.00. The number of nitrogens with zero attached hydrogens (tertiary/aromatic N) is 5. The summed E-state index contributed by atoms with van der Waals surface area (Å²) in [6, 6.07) is 32.9. The number of para-hydroxylation sites is 3. The smallest absolute Gasteiger partial charge is 0.0902 e. The minimum Gasteiger partial charge on any atom is -0.473 e. The van der Waals surface area contributed by atoms with Crippen LogP contribution >= 0.6 is 0 Å². The molecular formula is C63H101N5O2. The quantitative estimate of drug-likeness (QED) is 0.150. The second-order valence-corrected chi connectivity index (χ2v) is 24.5. The van der Waals surface area contributed by atoms with Crippen LogP contribution in [0.15, 0.2) is 185 Å². The van der Waals surface area contributed by atoms with Crippen molar-refractivity contribution in [1.82, 2.24) is 19.9 Å². The molecule has 390 valence electrons. The van der Waals surface area contributed by atoms with Crippen molar-refractivity contribution in [3.8, 4) is 0 Å². The average molecular weight is 961 g/mol. The molecule has 0 aliphatic carbocycles. The van der Waals surface area contributed by atoms with Crippen molar-refractivity contribution in [2.75, 3.05) is 6.54 Å². The summed E-state index contributed by atoms with van der Waals surface area (Å²) in [7, 11) is 0. The minimum atomic E-state index is 0.500. The Bertz CT molecular complexity index is 1740. The van der Waals surface area contributed by atoms with E-state index in [4.69, 9.17) is 0 Å². The van der Waals surface area contributed by atoms with E-state index in [-0.39, 0.29) is 0 Å². The SMILES string of the molecule is C1=CCN=C1.CC(C)(C)C.CC(C)(C)C.CC(C)(C)C.CC(C)(C)C.CC(C)(C)C.CC(C)C.c1ccc2ncccc2c1.c1ccc2nccnc2c1.c1ccncc1.c1ccoc1.c1ccoc1. The predicted molar refractivity (Wildman–Crippen MR) is 312 cm³/mol. The van der Waals surface area contributed by atoms with E-state index in [2.05, 4.69) is 205 Å². The van der Waals surface area contributed by atoms with Crippen molar-refractivity contribution in [1.29, 1.82) is 0 Å². The second kappa shape index (κ2) is 42.2. The summed E-state index contributed by atoms with van der Waals surface area (Å²) in [4.78, 5) is 20.1. The lowest BCUT2D eigenvalue weighted by Crippen LogP contribution is -1.93. The van der Waals surface area contributed by atoms with Crippen molar-refractivity contribution in [3.63, 3.8) is 0 Å². The topological polar surface area (TPSA) is 90.2 Å². The normalized spacial score (nSPS) is 10.7. The van der Waals surface area contributed by atoms with Crippen LogP contribution in [0.3, 0.4) is 0 Å². The highest BCUT2D eigenvalue weighted by Crippen LogP contribution is 2.11. The molecule has 7 aromatic rings. The van der Waals surface area contributed by atoms with E-state index >= 15 is 0 Å². The molecule has 0 fully saturated rings. The van der Waals surface area contributed by atoms with Crippen LogP contribution < -0.4 is 0 Å². The third kappa shape index (κ3) is 89.0. The highest BCUT2D eigenvalue weighted by Gasteiger charge is 1.98. The van der Waals surface area contributed by atoms with Gasteiger partial charge in [0.05, 0.1) is 48.1 Å². The maximum atomic E-state index is 4.58. The largest absolute Gasteiger partial charge is 0.473 e. The van der Waals surface area contributed by atoms with Crippen LogP contribution in [0.25, 0.3) is 21.9 Å². The number of hydrogen-bond acceptors (Lipinski definition) is 7. The summed E-state index contributed by atoms with van der Waals surface area (Å²) >= 11 is 0. The maximum Gasteiger partial charge on any atom is 0.0902 e. The van der Waals surface area contributed by atoms with Crippen LogP contribution in [0.1, 0.15) is 159 Å². The molecule has 0 spiro atoms. The molecule has 7 heteroatoms. The minimum absolute atomic E-state index is 0.500. The van der Waals surface area contributed by atoms with Crippen molar-refractivity contribution in [2.24, 2.45) is 38.0 Å². The molecule has 5 aromatic heterocycles. The first-order valence-electron chi connectivity index (χ1n) is 24.6. The summed E-state index contributed by atoms with van der Waals surface area (Å²) in [5, 5.41) is 1.20. The van der Waals surface area contributed by atoms with Gasteiger partial charge in [-0.1, -0.05) is 208 Å². The third-order valence-corrected chi connectivity index (χ3v) is 4.84. The van der Waals surface area contributed by atoms with Crippen LogP contribution in [0.2, 0.25) is 0 Å². The van der Waals surface area contributed by atoms with E-state index in [1.54, 1.807) is 56.1 Å². The summed E-state index contributed by atoms with van der Waals surface area (Å²) in [6.07, 6.45) is 21.0. The Balaban J connectivity index is -0.000000345. The number of benzene rings is 2. The van der Waals surface area contributed by atoms with Crippen molar-refractivity contribution in [3.05, 3.63) is 171 Å². The summed E-state index contributed by atoms with van der Waals surface area (Å²) in [5.74, 6) is 0.833. The Morgan fingerprint density at radius 2 is 0.686 bits per heavy atom.